The molecule has 124 valence electrons. The molecule has 0 amide bonds. The van der Waals surface area contributed by atoms with E-state index in [9.17, 15) is 8.42 Å². The van der Waals surface area contributed by atoms with E-state index in [2.05, 4.69) is 11.8 Å². The van der Waals surface area contributed by atoms with Gasteiger partial charge >= 0.3 is 0 Å². The Hall–Kier alpha value is -0.170. The van der Waals surface area contributed by atoms with Crippen LogP contribution in [0.4, 0.5) is 0 Å². The molecule has 0 radical (unpaired) electrons. The Bertz CT molecular complexity index is 427. The van der Waals surface area contributed by atoms with Crippen LogP contribution < -0.4 is 5.73 Å². The standard InChI is InChI=1S/C15H31N3O2S/c1-3-14-12-17(8-6-15(14)9-16)10-13-5-4-7-18(11-13)21(2,19)20/h13-15H,3-12,16H2,1-2H3. The molecule has 0 aromatic rings. The molecule has 2 aliphatic heterocycles. The summed E-state index contributed by atoms with van der Waals surface area (Å²) < 4.78 is 25.1. The first-order valence-electron chi connectivity index (χ1n) is 8.31. The van der Waals surface area contributed by atoms with Gasteiger partial charge in [-0.2, -0.15) is 0 Å². The van der Waals surface area contributed by atoms with Gasteiger partial charge in [0.25, 0.3) is 0 Å². The molecule has 0 aromatic heterocycles. The number of nitrogens with two attached hydrogens (primary N) is 1. The minimum Gasteiger partial charge on any atom is -0.330 e. The number of piperidine rings is 2. The lowest BCUT2D eigenvalue weighted by atomic mass is 9.83. The van der Waals surface area contributed by atoms with Gasteiger partial charge in [-0.3, -0.25) is 0 Å². The predicted molar refractivity (Wildman–Crippen MR) is 86.5 cm³/mol. The monoisotopic (exact) mass is 317 g/mol. The lowest BCUT2D eigenvalue weighted by molar-refractivity contribution is 0.0920. The third-order valence-corrected chi connectivity index (χ3v) is 6.54. The van der Waals surface area contributed by atoms with Crippen molar-refractivity contribution >= 4 is 10.0 Å². The molecule has 21 heavy (non-hydrogen) atoms. The van der Waals surface area contributed by atoms with Gasteiger partial charge in [-0.15, -0.1) is 0 Å². The van der Waals surface area contributed by atoms with Crippen molar-refractivity contribution in [1.82, 2.24) is 9.21 Å². The second-order valence-corrected chi connectivity index (χ2v) is 8.82. The van der Waals surface area contributed by atoms with Gasteiger partial charge in [-0.05, 0) is 50.1 Å². The minimum absolute atomic E-state index is 0.486. The number of hydrogen-bond donors (Lipinski definition) is 1. The predicted octanol–water partition coefficient (Wildman–Crippen LogP) is 0.965. The fourth-order valence-corrected chi connectivity index (χ4v) is 4.88. The van der Waals surface area contributed by atoms with E-state index in [0.29, 0.717) is 30.8 Å². The number of likely N-dealkylation sites (tertiary alicyclic amines) is 1. The molecule has 2 saturated heterocycles. The zero-order chi connectivity index (χ0) is 15.5. The van der Waals surface area contributed by atoms with Crippen LogP contribution in [-0.4, -0.2) is 63.1 Å². The normalized spacial score (nSPS) is 33.2. The molecule has 2 aliphatic rings. The van der Waals surface area contributed by atoms with Crippen LogP contribution in [-0.2, 0) is 10.0 Å². The molecule has 3 atom stereocenters. The average molecular weight is 317 g/mol. The molecular formula is C15H31N3O2S. The highest BCUT2D eigenvalue weighted by molar-refractivity contribution is 7.88. The molecular weight excluding hydrogens is 286 g/mol. The Labute approximate surface area is 129 Å². The van der Waals surface area contributed by atoms with Crippen LogP contribution in [0.5, 0.6) is 0 Å². The van der Waals surface area contributed by atoms with Crippen LogP contribution in [0.2, 0.25) is 0 Å². The van der Waals surface area contributed by atoms with E-state index in [1.807, 2.05) is 0 Å². The fraction of sp³-hybridized carbons (Fsp3) is 1.00. The molecule has 0 spiro atoms. The zero-order valence-corrected chi connectivity index (χ0v) is 14.3. The van der Waals surface area contributed by atoms with Crippen molar-refractivity contribution < 1.29 is 8.42 Å². The van der Waals surface area contributed by atoms with E-state index in [-0.39, 0.29) is 0 Å². The van der Waals surface area contributed by atoms with Crippen molar-refractivity contribution in [1.29, 1.82) is 0 Å². The summed E-state index contributed by atoms with van der Waals surface area (Å²) in [5.41, 5.74) is 5.87. The van der Waals surface area contributed by atoms with Gasteiger partial charge in [-0.25, -0.2) is 12.7 Å². The molecule has 2 rings (SSSR count). The first-order chi connectivity index (χ1) is 9.94. The molecule has 0 aliphatic carbocycles. The smallest absolute Gasteiger partial charge is 0.211 e. The summed E-state index contributed by atoms with van der Waals surface area (Å²) in [7, 11) is -3.03. The highest BCUT2D eigenvalue weighted by Gasteiger charge is 2.31. The van der Waals surface area contributed by atoms with Crippen molar-refractivity contribution in [2.24, 2.45) is 23.5 Å². The SMILES string of the molecule is CCC1CN(CC2CCCN(S(C)(=O)=O)C2)CCC1CN. The molecule has 2 heterocycles. The molecule has 0 bridgehead atoms. The maximum Gasteiger partial charge on any atom is 0.211 e. The lowest BCUT2D eigenvalue weighted by Gasteiger charge is -2.41. The summed E-state index contributed by atoms with van der Waals surface area (Å²) in [6.07, 6.45) is 5.86. The van der Waals surface area contributed by atoms with Crippen molar-refractivity contribution in [3.05, 3.63) is 0 Å². The van der Waals surface area contributed by atoms with Crippen molar-refractivity contribution in [2.45, 2.75) is 32.6 Å². The Morgan fingerprint density at radius 1 is 1.14 bits per heavy atom. The second kappa shape index (κ2) is 7.40. The van der Waals surface area contributed by atoms with E-state index >= 15 is 0 Å². The largest absolute Gasteiger partial charge is 0.330 e. The third-order valence-electron chi connectivity index (χ3n) is 5.27. The number of hydrogen-bond acceptors (Lipinski definition) is 4. The molecule has 2 fully saturated rings. The minimum atomic E-state index is -3.03. The molecule has 2 N–H and O–H groups in total. The highest BCUT2D eigenvalue weighted by atomic mass is 32.2. The zero-order valence-electron chi connectivity index (χ0n) is 13.5. The topological polar surface area (TPSA) is 66.6 Å². The van der Waals surface area contributed by atoms with E-state index in [4.69, 9.17) is 5.73 Å². The Kier molecular flexibility index (Phi) is 6.05. The molecule has 0 saturated carbocycles. The fourth-order valence-electron chi connectivity index (χ4n) is 3.94. The van der Waals surface area contributed by atoms with E-state index in [1.54, 1.807) is 4.31 Å². The van der Waals surface area contributed by atoms with Crippen LogP contribution in [0.15, 0.2) is 0 Å². The Balaban J connectivity index is 1.87. The summed E-state index contributed by atoms with van der Waals surface area (Å²) in [5, 5.41) is 0. The van der Waals surface area contributed by atoms with Gasteiger partial charge in [0.05, 0.1) is 6.26 Å². The summed E-state index contributed by atoms with van der Waals surface area (Å²) in [5.74, 6) is 1.86. The highest BCUT2D eigenvalue weighted by Crippen LogP contribution is 2.27. The first-order valence-corrected chi connectivity index (χ1v) is 10.2. The van der Waals surface area contributed by atoms with Crippen LogP contribution >= 0.6 is 0 Å². The van der Waals surface area contributed by atoms with Gasteiger partial charge in [-0.1, -0.05) is 13.3 Å². The lowest BCUT2D eigenvalue weighted by Crippen LogP contribution is -2.47. The summed E-state index contributed by atoms with van der Waals surface area (Å²) in [4.78, 5) is 2.54. The number of sulfonamides is 1. The molecule has 5 nitrogen and oxygen atoms in total. The van der Waals surface area contributed by atoms with Gasteiger partial charge < -0.3 is 10.6 Å². The van der Waals surface area contributed by atoms with Gasteiger partial charge in [0.2, 0.25) is 10.0 Å². The first kappa shape index (κ1) is 17.2. The summed E-state index contributed by atoms with van der Waals surface area (Å²) in [6, 6.07) is 0. The summed E-state index contributed by atoms with van der Waals surface area (Å²) in [6.45, 7) is 7.75. The Morgan fingerprint density at radius 2 is 1.90 bits per heavy atom. The summed E-state index contributed by atoms with van der Waals surface area (Å²) >= 11 is 0. The van der Waals surface area contributed by atoms with Crippen LogP contribution in [0.1, 0.15) is 32.6 Å². The van der Waals surface area contributed by atoms with Crippen molar-refractivity contribution in [3.8, 4) is 0 Å². The van der Waals surface area contributed by atoms with Crippen LogP contribution in [0.25, 0.3) is 0 Å². The number of nitrogens with zero attached hydrogens (tertiary/aromatic N) is 2. The maximum absolute atomic E-state index is 11.7. The van der Waals surface area contributed by atoms with Crippen molar-refractivity contribution in [2.75, 3.05) is 45.5 Å². The van der Waals surface area contributed by atoms with E-state index < -0.39 is 10.0 Å². The number of rotatable bonds is 5. The van der Waals surface area contributed by atoms with Gasteiger partial charge in [0.15, 0.2) is 0 Å². The van der Waals surface area contributed by atoms with Crippen LogP contribution in [0, 0.1) is 17.8 Å². The maximum atomic E-state index is 11.7. The molecule has 6 heteroatoms. The van der Waals surface area contributed by atoms with E-state index in [1.165, 1.54) is 19.1 Å². The van der Waals surface area contributed by atoms with Crippen LogP contribution in [0.3, 0.4) is 0 Å². The third kappa shape index (κ3) is 4.65. The van der Waals surface area contributed by atoms with Gasteiger partial charge in [0, 0.05) is 26.2 Å². The second-order valence-electron chi connectivity index (χ2n) is 6.84. The average Bonchev–Trinajstić information content (AvgIpc) is 2.46. The van der Waals surface area contributed by atoms with Crippen molar-refractivity contribution in [3.63, 3.8) is 0 Å². The van der Waals surface area contributed by atoms with Gasteiger partial charge in [0.1, 0.15) is 0 Å². The van der Waals surface area contributed by atoms with E-state index in [0.717, 1.165) is 39.0 Å². The molecule has 0 aromatic carbocycles. The molecule has 3 unspecified atom stereocenters. The quantitative estimate of drug-likeness (QED) is 0.820. The Morgan fingerprint density at radius 3 is 2.52 bits per heavy atom.